The minimum absolute atomic E-state index is 0.0307. The molecule has 0 saturated carbocycles. The molecule has 0 bridgehead atoms. The van der Waals surface area contributed by atoms with Crippen LogP contribution in [0.25, 0.3) is 0 Å². The Morgan fingerprint density at radius 1 is 1.33 bits per heavy atom. The predicted molar refractivity (Wildman–Crippen MR) is 86.0 cm³/mol. The van der Waals surface area contributed by atoms with E-state index in [1.165, 1.54) is 21.8 Å². The number of hydrogen-bond donors (Lipinski definition) is 2. The summed E-state index contributed by atoms with van der Waals surface area (Å²) in [5.74, 6) is -0.801. The van der Waals surface area contributed by atoms with Crippen molar-refractivity contribution in [3.63, 3.8) is 0 Å². The molecule has 0 unspecified atom stereocenters. The van der Waals surface area contributed by atoms with E-state index in [4.69, 9.17) is 5.11 Å². The van der Waals surface area contributed by atoms with E-state index in [0.29, 0.717) is 13.0 Å². The van der Waals surface area contributed by atoms with E-state index in [9.17, 15) is 9.59 Å². The average Bonchev–Trinajstić information content (AvgIpc) is 2.77. The SMILES string of the molecule is CCc1cc(C(=O)NCCC(C)(C)CCC(=O)O)sc1C. The van der Waals surface area contributed by atoms with E-state index >= 15 is 0 Å². The Kier molecular flexibility index (Phi) is 6.40. The van der Waals surface area contributed by atoms with Crippen LogP contribution < -0.4 is 5.32 Å². The van der Waals surface area contributed by atoms with E-state index in [-0.39, 0.29) is 17.7 Å². The summed E-state index contributed by atoms with van der Waals surface area (Å²) in [5.41, 5.74) is 1.15. The molecule has 0 atom stereocenters. The van der Waals surface area contributed by atoms with Gasteiger partial charge in [-0.3, -0.25) is 9.59 Å². The lowest BCUT2D eigenvalue weighted by Gasteiger charge is -2.23. The fourth-order valence-electron chi connectivity index (χ4n) is 2.15. The molecular weight excluding hydrogens is 286 g/mol. The van der Waals surface area contributed by atoms with Gasteiger partial charge >= 0.3 is 5.97 Å². The van der Waals surface area contributed by atoms with E-state index in [2.05, 4.69) is 12.2 Å². The third-order valence-corrected chi connectivity index (χ3v) is 4.82. The Labute approximate surface area is 130 Å². The zero-order chi connectivity index (χ0) is 16.0. The monoisotopic (exact) mass is 311 g/mol. The number of aliphatic carboxylic acids is 1. The highest BCUT2D eigenvalue weighted by Gasteiger charge is 2.19. The Morgan fingerprint density at radius 2 is 2.00 bits per heavy atom. The summed E-state index contributed by atoms with van der Waals surface area (Å²) in [7, 11) is 0. The molecule has 5 heteroatoms. The first-order valence-electron chi connectivity index (χ1n) is 7.34. The maximum absolute atomic E-state index is 12.1. The minimum atomic E-state index is -0.770. The molecule has 0 aliphatic rings. The second-order valence-corrected chi connectivity index (χ2v) is 7.37. The van der Waals surface area contributed by atoms with Gasteiger partial charge < -0.3 is 10.4 Å². The van der Waals surface area contributed by atoms with E-state index < -0.39 is 5.97 Å². The van der Waals surface area contributed by atoms with Gasteiger partial charge in [0.15, 0.2) is 0 Å². The second kappa shape index (κ2) is 7.59. The van der Waals surface area contributed by atoms with Crippen LogP contribution in [0, 0.1) is 12.3 Å². The lowest BCUT2D eigenvalue weighted by molar-refractivity contribution is -0.137. The summed E-state index contributed by atoms with van der Waals surface area (Å²) < 4.78 is 0. The van der Waals surface area contributed by atoms with Crippen LogP contribution in [-0.2, 0) is 11.2 Å². The molecule has 118 valence electrons. The van der Waals surface area contributed by atoms with Gasteiger partial charge in [-0.1, -0.05) is 20.8 Å². The zero-order valence-electron chi connectivity index (χ0n) is 13.3. The van der Waals surface area contributed by atoms with E-state index in [1.54, 1.807) is 0 Å². The first kappa shape index (κ1) is 17.7. The molecule has 0 aliphatic heterocycles. The number of carbonyl (C=O) groups excluding carboxylic acids is 1. The largest absolute Gasteiger partial charge is 0.481 e. The van der Waals surface area contributed by atoms with Gasteiger partial charge in [-0.15, -0.1) is 11.3 Å². The van der Waals surface area contributed by atoms with E-state index in [0.717, 1.165) is 17.7 Å². The van der Waals surface area contributed by atoms with Gasteiger partial charge in [0.25, 0.3) is 5.91 Å². The molecule has 1 aromatic heterocycles. The molecule has 1 heterocycles. The van der Waals surface area contributed by atoms with Crippen LogP contribution in [0.3, 0.4) is 0 Å². The molecule has 1 amide bonds. The molecule has 0 spiro atoms. The fourth-order valence-corrected chi connectivity index (χ4v) is 3.18. The third kappa shape index (κ3) is 5.87. The molecule has 1 aromatic rings. The molecule has 0 fully saturated rings. The van der Waals surface area contributed by atoms with Crippen molar-refractivity contribution in [2.24, 2.45) is 5.41 Å². The molecule has 0 saturated heterocycles. The quantitative estimate of drug-likeness (QED) is 0.770. The van der Waals surface area contributed by atoms with E-state index in [1.807, 2.05) is 26.8 Å². The molecule has 0 radical (unpaired) electrons. The van der Waals surface area contributed by atoms with Gasteiger partial charge in [-0.2, -0.15) is 0 Å². The highest BCUT2D eigenvalue weighted by molar-refractivity contribution is 7.14. The van der Waals surface area contributed by atoms with Crippen LogP contribution in [0.2, 0.25) is 0 Å². The highest BCUT2D eigenvalue weighted by Crippen LogP contribution is 2.26. The van der Waals surface area contributed by atoms with Crippen molar-refractivity contribution in [2.45, 2.75) is 53.4 Å². The summed E-state index contributed by atoms with van der Waals surface area (Å²) in [6.07, 6.45) is 2.51. The standard InChI is InChI=1S/C16H25NO3S/c1-5-12-10-13(21-11(12)2)15(20)17-9-8-16(3,4)7-6-14(18)19/h10H,5-9H2,1-4H3,(H,17,20)(H,18,19). The Bertz CT molecular complexity index is 506. The number of amides is 1. The molecule has 1 rings (SSSR count). The highest BCUT2D eigenvalue weighted by atomic mass is 32.1. The zero-order valence-corrected chi connectivity index (χ0v) is 14.1. The maximum atomic E-state index is 12.1. The summed E-state index contributed by atoms with van der Waals surface area (Å²) in [4.78, 5) is 24.6. The lowest BCUT2D eigenvalue weighted by Crippen LogP contribution is -2.27. The second-order valence-electron chi connectivity index (χ2n) is 6.11. The van der Waals surface area contributed by atoms with Crippen molar-refractivity contribution in [3.05, 3.63) is 21.4 Å². The Hall–Kier alpha value is -1.36. The van der Waals surface area contributed by atoms with Crippen molar-refractivity contribution < 1.29 is 14.7 Å². The van der Waals surface area contributed by atoms with Gasteiger partial charge in [0.05, 0.1) is 4.88 Å². The molecule has 0 aliphatic carbocycles. The smallest absolute Gasteiger partial charge is 0.303 e. The van der Waals surface area contributed by atoms with Crippen LogP contribution in [0.1, 0.15) is 60.1 Å². The normalized spacial score (nSPS) is 11.4. The topological polar surface area (TPSA) is 66.4 Å². The van der Waals surface area contributed by atoms with Gasteiger partial charge in [-0.25, -0.2) is 0 Å². The van der Waals surface area contributed by atoms with Gasteiger partial charge in [0.2, 0.25) is 0 Å². The number of nitrogens with one attached hydrogen (secondary N) is 1. The fraction of sp³-hybridized carbons (Fsp3) is 0.625. The first-order chi connectivity index (χ1) is 9.75. The van der Waals surface area contributed by atoms with Crippen LogP contribution in [0.15, 0.2) is 6.07 Å². The van der Waals surface area contributed by atoms with Crippen LogP contribution in [-0.4, -0.2) is 23.5 Å². The predicted octanol–water partition coefficient (Wildman–Crippen LogP) is 3.63. The first-order valence-corrected chi connectivity index (χ1v) is 8.16. The molecular formula is C16H25NO3S. The Morgan fingerprint density at radius 3 is 2.52 bits per heavy atom. The Balaban J connectivity index is 2.44. The van der Waals surface area contributed by atoms with Crippen LogP contribution in [0.4, 0.5) is 0 Å². The van der Waals surface area contributed by atoms with Gasteiger partial charge in [-0.05, 0) is 43.2 Å². The van der Waals surface area contributed by atoms with Gasteiger partial charge in [0.1, 0.15) is 0 Å². The van der Waals surface area contributed by atoms with Crippen molar-refractivity contribution in [3.8, 4) is 0 Å². The number of carboxylic acids is 1. The summed E-state index contributed by atoms with van der Waals surface area (Å²) >= 11 is 1.53. The average molecular weight is 311 g/mol. The van der Waals surface area contributed by atoms with Crippen LogP contribution >= 0.6 is 11.3 Å². The summed E-state index contributed by atoms with van der Waals surface area (Å²) in [6, 6.07) is 1.96. The summed E-state index contributed by atoms with van der Waals surface area (Å²) in [5, 5.41) is 11.7. The number of carboxylic acid groups (broad SMARTS) is 1. The van der Waals surface area contributed by atoms with Crippen molar-refractivity contribution in [1.82, 2.24) is 5.32 Å². The maximum Gasteiger partial charge on any atom is 0.303 e. The molecule has 21 heavy (non-hydrogen) atoms. The number of rotatable bonds is 8. The number of thiophene rings is 1. The van der Waals surface area contributed by atoms with Gasteiger partial charge in [0, 0.05) is 17.8 Å². The molecule has 0 aromatic carbocycles. The van der Waals surface area contributed by atoms with Crippen molar-refractivity contribution in [2.75, 3.05) is 6.54 Å². The molecule has 4 nitrogen and oxygen atoms in total. The third-order valence-electron chi connectivity index (χ3n) is 3.73. The lowest BCUT2D eigenvalue weighted by atomic mass is 9.84. The van der Waals surface area contributed by atoms with Crippen molar-refractivity contribution >= 4 is 23.2 Å². The number of carbonyl (C=O) groups is 2. The number of hydrogen-bond acceptors (Lipinski definition) is 3. The van der Waals surface area contributed by atoms with Crippen molar-refractivity contribution in [1.29, 1.82) is 0 Å². The number of aryl methyl sites for hydroxylation is 2. The minimum Gasteiger partial charge on any atom is -0.481 e. The summed E-state index contributed by atoms with van der Waals surface area (Å²) in [6.45, 7) is 8.76. The van der Waals surface area contributed by atoms with Crippen LogP contribution in [0.5, 0.6) is 0 Å². The molecule has 2 N–H and O–H groups in total.